The van der Waals surface area contributed by atoms with E-state index in [2.05, 4.69) is 0 Å². The lowest BCUT2D eigenvalue weighted by molar-refractivity contribution is -0.137. The zero-order valence-corrected chi connectivity index (χ0v) is 14.2. The second kappa shape index (κ2) is 5.79. The first-order valence-electron chi connectivity index (χ1n) is 7.16. The third-order valence-corrected chi connectivity index (χ3v) is 6.43. The number of aromatic nitrogens is 1. The van der Waals surface area contributed by atoms with Gasteiger partial charge in [0, 0.05) is 25.0 Å². The van der Waals surface area contributed by atoms with E-state index < -0.39 is 37.7 Å². The molecule has 0 amide bonds. The van der Waals surface area contributed by atoms with Crippen LogP contribution in [0.15, 0.2) is 41.4 Å². The number of rotatable bonds is 2. The van der Waals surface area contributed by atoms with Crippen LogP contribution in [0.5, 0.6) is 0 Å². The summed E-state index contributed by atoms with van der Waals surface area (Å²) in [5, 5.41) is -0.526. The van der Waals surface area contributed by atoms with Crippen molar-refractivity contribution in [1.29, 1.82) is 0 Å². The van der Waals surface area contributed by atoms with Crippen LogP contribution in [0.4, 0.5) is 13.2 Å². The van der Waals surface area contributed by atoms with E-state index in [1.54, 1.807) is 13.0 Å². The van der Waals surface area contributed by atoms with E-state index in [4.69, 9.17) is 11.6 Å². The number of alkyl halides is 3. The molecule has 2 heterocycles. The van der Waals surface area contributed by atoms with Crippen LogP contribution in [-0.4, -0.2) is 23.8 Å². The highest BCUT2D eigenvalue weighted by molar-refractivity contribution is 7.89. The maximum atomic E-state index is 13.0. The topological polar surface area (TPSA) is 42.3 Å². The van der Waals surface area contributed by atoms with E-state index in [-0.39, 0.29) is 6.54 Å². The van der Waals surface area contributed by atoms with Gasteiger partial charge in [-0.05, 0) is 37.3 Å². The summed E-state index contributed by atoms with van der Waals surface area (Å²) in [4.78, 5) is -0.411. The van der Waals surface area contributed by atoms with Gasteiger partial charge in [-0.15, -0.1) is 0 Å². The Labute approximate surface area is 142 Å². The molecule has 0 radical (unpaired) electrons. The Balaban J connectivity index is 2.03. The van der Waals surface area contributed by atoms with E-state index >= 15 is 0 Å². The van der Waals surface area contributed by atoms with E-state index in [1.807, 2.05) is 16.8 Å². The lowest BCUT2D eigenvalue weighted by Gasteiger charge is -2.34. The van der Waals surface area contributed by atoms with E-state index in [0.717, 1.165) is 17.8 Å². The van der Waals surface area contributed by atoms with Gasteiger partial charge in [0.1, 0.15) is 0 Å². The second-order valence-corrected chi connectivity index (χ2v) is 7.86. The number of halogens is 4. The molecule has 1 aromatic heterocycles. The quantitative estimate of drug-likeness (QED) is 0.794. The summed E-state index contributed by atoms with van der Waals surface area (Å²) in [7, 11) is -4.07. The summed E-state index contributed by atoms with van der Waals surface area (Å²) in [5.41, 5.74) is -0.354. The predicted molar refractivity (Wildman–Crippen MR) is 83.2 cm³/mol. The largest absolute Gasteiger partial charge is 0.417 e. The molecule has 0 spiro atoms. The van der Waals surface area contributed by atoms with Gasteiger partial charge in [0.05, 0.1) is 21.5 Å². The maximum absolute atomic E-state index is 13.0. The molecule has 0 saturated carbocycles. The van der Waals surface area contributed by atoms with Crippen LogP contribution >= 0.6 is 11.6 Å². The third kappa shape index (κ3) is 2.82. The first kappa shape index (κ1) is 17.3. The van der Waals surface area contributed by atoms with Gasteiger partial charge in [0.2, 0.25) is 10.0 Å². The summed E-state index contributed by atoms with van der Waals surface area (Å²) < 4.78 is 67.8. The van der Waals surface area contributed by atoms with Gasteiger partial charge in [0.15, 0.2) is 0 Å². The van der Waals surface area contributed by atoms with Gasteiger partial charge in [-0.25, -0.2) is 8.42 Å². The number of hydrogen-bond donors (Lipinski definition) is 0. The van der Waals surface area contributed by atoms with Crippen molar-refractivity contribution in [3.63, 3.8) is 0 Å². The summed E-state index contributed by atoms with van der Waals surface area (Å²) >= 11 is 5.57. The first-order valence-corrected chi connectivity index (χ1v) is 8.98. The number of sulfonamides is 1. The number of fused-ring (bicyclic) bond motifs is 1. The van der Waals surface area contributed by atoms with E-state index in [9.17, 15) is 21.6 Å². The predicted octanol–water partition coefficient (Wildman–Crippen LogP) is 3.93. The highest BCUT2D eigenvalue weighted by Gasteiger charge is 2.37. The van der Waals surface area contributed by atoms with Crippen LogP contribution < -0.4 is 0 Å². The third-order valence-electron chi connectivity index (χ3n) is 4.14. The van der Waals surface area contributed by atoms with Crippen LogP contribution in [0, 0.1) is 0 Å². The minimum Gasteiger partial charge on any atom is -0.349 e. The van der Waals surface area contributed by atoms with Crippen LogP contribution in [0.25, 0.3) is 0 Å². The summed E-state index contributed by atoms with van der Waals surface area (Å²) in [6.45, 7) is 2.35. The molecule has 1 aromatic carbocycles. The molecule has 0 saturated heterocycles. The molecule has 4 nitrogen and oxygen atoms in total. The van der Waals surface area contributed by atoms with Gasteiger partial charge in [-0.2, -0.15) is 17.5 Å². The fourth-order valence-corrected chi connectivity index (χ4v) is 4.75. The monoisotopic (exact) mass is 378 g/mol. The Morgan fingerprint density at radius 2 is 1.92 bits per heavy atom. The van der Waals surface area contributed by atoms with Crippen molar-refractivity contribution < 1.29 is 21.6 Å². The molecule has 0 aliphatic carbocycles. The molecule has 0 N–H and O–H groups in total. The normalized spacial score (nSPS) is 19.3. The minimum atomic E-state index is -4.72. The molecule has 0 bridgehead atoms. The molecule has 2 aromatic rings. The minimum absolute atomic E-state index is 0.190. The Kier molecular flexibility index (Phi) is 4.17. The molecule has 9 heteroatoms. The zero-order chi connectivity index (χ0) is 17.7. The second-order valence-electron chi connectivity index (χ2n) is 5.56. The van der Waals surface area contributed by atoms with Gasteiger partial charge in [0.25, 0.3) is 0 Å². The molecular formula is C15H14ClF3N2O2S. The van der Waals surface area contributed by atoms with Crippen molar-refractivity contribution in [1.82, 2.24) is 8.87 Å². The number of hydrogen-bond acceptors (Lipinski definition) is 2. The molecule has 1 unspecified atom stereocenters. The lowest BCUT2D eigenvalue weighted by atomic mass is 10.2. The number of benzene rings is 1. The Morgan fingerprint density at radius 1 is 1.21 bits per heavy atom. The standard InChI is InChI=1S/C15H14ClF3N2O2S/c1-10-14-3-2-6-20(14)7-8-21(10)24(22,23)11-4-5-13(16)12(9-11)15(17,18)19/h2-6,9-10H,7-8H2,1H3. The summed E-state index contributed by atoms with van der Waals surface area (Å²) in [6.07, 6.45) is -2.87. The van der Waals surface area contributed by atoms with Crippen molar-refractivity contribution in [2.45, 2.75) is 30.6 Å². The molecule has 0 fully saturated rings. The summed E-state index contributed by atoms with van der Waals surface area (Å²) in [5.74, 6) is 0. The number of nitrogens with zero attached hydrogens (tertiary/aromatic N) is 2. The maximum Gasteiger partial charge on any atom is 0.417 e. The lowest BCUT2D eigenvalue weighted by Crippen LogP contribution is -2.40. The van der Waals surface area contributed by atoms with E-state index in [0.29, 0.717) is 12.6 Å². The van der Waals surface area contributed by atoms with Crippen LogP contribution in [0.1, 0.15) is 24.2 Å². The SMILES string of the molecule is CC1c2cccn2CCN1S(=O)(=O)c1ccc(Cl)c(C(F)(F)F)c1. The first-order chi connectivity index (χ1) is 11.1. The van der Waals surface area contributed by atoms with Crippen LogP contribution in [0.2, 0.25) is 5.02 Å². The summed E-state index contributed by atoms with van der Waals surface area (Å²) in [6, 6.07) is 5.81. The van der Waals surface area contributed by atoms with Crippen molar-refractivity contribution in [2.75, 3.05) is 6.54 Å². The zero-order valence-electron chi connectivity index (χ0n) is 12.6. The fraction of sp³-hybridized carbons (Fsp3) is 0.333. The van der Waals surface area contributed by atoms with Gasteiger partial charge in [-0.3, -0.25) is 0 Å². The van der Waals surface area contributed by atoms with Gasteiger partial charge < -0.3 is 4.57 Å². The highest BCUT2D eigenvalue weighted by atomic mass is 35.5. The molecule has 3 rings (SSSR count). The molecule has 130 valence electrons. The molecule has 1 atom stereocenters. The van der Waals surface area contributed by atoms with Crippen LogP contribution in [-0.2, 0) is 22.7 Å². The molecular weight excluding hydrogens is 365 g/mol. The fourth-order valence-electron chi connectivity index (χ4n) is 2.90. The van der Waals surface area contributed by atoms with Gasteiger partial charge in [-0.1, -0.05) is 11.6 Å². The smallest absolute Gasteiger partial charge is 0.349 e. The van der Waals surface area contributed by atoms with Crippen LogP contribution in [0.3, 0.4) is 0 Å². The molecule has 1 aliphatic rings. The average molecular weight is 379 g/mol. The Hall–Kier alpha value is -1.51. The van der Waals surface area contributed by atoms with Gasteiger partial charge >= 0.3 is 6.18 Å². The Bertz CT molecular complexity index is 877. The van der Waals surface area contributed by atoms with Crippen molar-refractivity contribution in [3.8, 4) is 0 Å². The Morgan fingerprint density at radius 3 is 2.58 bits per heavy atom. The van der Waals surface area contributed by atoms with E-state index in [1.165, 1.54) is 4.31 Å². The molecule has 1 aliphatic heterocycles. The van der Waals surface area contributed by atoms with Crippen molar-refractivity contribution in [3.05, 3.63) is 52.8 Å². The molecule has 24 heavy (non-hydrogen) atoms. The average Bonchev–Trinajstić information content (AvgIpc) is 2.95. The van der Waals surface area contributed by atoms with Crippen molar-refractivity contribution in [2.24, 2.45) is 0 Å². The highest BCUT2D eigenvalue weighted by Crippen LogP contribution is 2.38. The van der Waals surface area contributed by atoms with Crippen molar-refractivity contribution >= 4 is 21.6 Å².